The first-order chi connectivity index (χ1) is 8.08. The summed E-state index contributed by atoms with van der Waals surface area (Å²) in [5, 5.41) is 0. The van der Waals surface area contributed by atoms with E-state index in [-0.39, 0.29) is 11.7 Å². The van der Waals surface area contributed by atoms with Crippen molar-refractivity contribution in [2.24, 2.45) is 5.92 Å². The summed E-state index contributed by atoms with van der Waals surface area (Å²) < 4.78 is 0. The molecule has 0 spiro atoms. The van der Waals surface area contributed by atoms with Crippen LogP contribution in [0.2, 0.25) is 0 Å². The van der Waals surface area contributed by atoms with Crippen LogP contribution in [0, 0.1) is 5.92 Å². The van der Waals surface area contributed by atoms with Gasteiger partial charge in [-0.2, -0.15) is 0 Å². The molecule has 0 bridgehead atoms. The van der Waals surface area contributed by atoms with Crippen LogP contribution in [0.5, 0.6) is 0 Å². The van der Waals surface area contributed by atoms with E-state index in [1.807, 2.05) is 4.90 Å². The predicted octanol–water partition coefficient (Wildman–Crippen LogP) is 2.09. The smallest absolute Gasteiger partial charge is 0.270 e. The lowest BCUT2D eigenvalue weighted by atomic mass is 9.99. The number of hydrogen-bond donors (Lipinski definition) is 1. The van der Waals surface area contributed by atoms with E-state index in [4.69, 9.17) is 0 Å². The van der Waals surface area contributed by atoms with Gasteiger partial charge in [-0.3, -0.25) is 9.59 Å². The zero-order valence-electron chi connectivity index (χ0n) is 10.3. The number of H-pyrrole nitrogens is 1. The number of hydrogen-bond acceptors (Lipinski definition) is 2. The average molecular weight is 234 g/mol. The van der Waals surface area contributed by atoms with Gasteiger partial charge >= 0.3 is 0 Å². The Labute approximate surface area is 101 Å². The summed E-state index contributed by atoms with van der Waals surface area (Å²) in [5.41, 5.74) is 1.09. The maximum absolute atomic E-state index is 12.1. The summed E-state index contributed by atoms with van der Waals surface area (Å²) in [7, 11) is 0. The molecular weight excluding hydrogens is 216 g/mol. The Morgan fingerprint density at radius 1 is 1.35 bits per heavy atom. The number of amides is 1. The standard InChI is InChI=1S/C13H18N2O2/c1-9-3-5-15(6-4-9)13(17)12-7-11(8-14-12)10(2)16/h7-9,14H,3-6H2,1-2H3. The molecule has 1 amide bonds. The fourth-order valence-electron chi connectivity index (χ4n) is 2.10. The Hall–Kier alpha value is -1.58. The summed E-state index contributed by atoms with van der Waals surface area (Å²) >= 11 is 0. The second-order valence-corrected chi connectivity index (χ2v) is 4.83. The number of nitrogens with zero attached hydrogens (tertiary/aromatic N) is 1. The van der Waals surface area contributed by atoms with Gasteiger partial charge in [-0.15, -0.1) is 0 Å². The summed E-state index contributed by atoms with van der Waals surface area (Å²) in [4.78, 5) is 28.0. The van der Waals surface area contributed by atoms with Crippen LogP contribution in [0.25, 0.3) is 0 Å². The molecule has 1 aliphatic rings. The number of piperidine rings is 1. The van der Waals surface area contributed by atoms with Crippen molar-refractivity contribution in [3.8, 4) is 0 Å². The number of carbonyl (C=O) groups is 2. The minimum Gasteiger partial charge on any atom is -0.356 e. The highest BCUT2D eigenvalue weighted by atomic mass is 16.2. The minimum atomic E-state index is -0.0208. The lowest BCUT2D eigenvalue weighted by Gasteiger charge is -2.29. The van der Waals surface area contributed by atoms with Gasteiger partial charge in [0.25, 0.3) is 5.91 Å². The Morgan fingerprint density at radius 2 is 2.00 bits per heavy atom. The van der Waals surface area contributed by atoms with E-state index in [0.717, 1.165) is 25.9 Å². The number of ketones is 1. The Kier molecular flexibility index (Phi) is 3.31. The topological polar surface area (TPSA) is 53.2 Å². The average Bonchev–Trinajstić information content (AvgIpc) is 2.78. The van der Waals surface area contributed by atoms with Gasteiger partial charge in [-0.25, -0.2) is 0 Å². The van der Waals surface area contributed by atoms with Crippen molar-refractivity contribution in [3.63, 3.8) is 0 Å². The lowest BCUT2D eigenvalue weighted by Crippen LogP contribution is -2.38. The fourth-order valence-corrected chi connectivity index (χ4v) is 2.10. The van der Waals surface area contributed by atoms with E-state index in [1.54, 1.807) is 12.3 Å². The van der Waals surface area contributed by atoms with Gasteiger partial charge in [-0.1, -0.05) is 6.92 Å². The van der Waals surface area contributed by atoms with E-state index in [9.17, 15) is 9.59 Å². The number of aromatic nitrogens is 1. The van der Waals surface area contributed by atoms with Gasteiger partial charge in [0.2, 0.25) is 0 Å². The SMILES string of the molecule is CC(=O)c1c[nH]c(C(=O)N2CCC(C)CC2)c1. The summed E-state index contributed by atoms with van der Waals surface area (Å²) in [6, 6.07) is 1.64. The van der Waals surface area contributed by atoms with Crippen LogP contribution in [0.15, 0.2) is 12.3 Å². The molecule has 17 heavy (non-hydrogen) atoms. The normalized spacial score (nSPS) is 17.2. The van der Waals surface area contributed by atoms with Crippen LogP contribution < -0.4 is 0 Å². The van der Waals surface area contributed by atoms with Crippen LogP contribution in [0.1, 0.15) is 47.5 Å². The van der Waals surface area contributed by atoms with Gasteiger partial charge in [0.05, 0.1) is 0 Å². The van der Waals surface area contributed by atoms with Crippen LogP contribution in [0.4, 0.5) is 0 Å². The molecule has 0 aliphatic carbocycles. The molecule has 0 saturated carbocycles. The van der Waals surface area contributed by atoms with Crippen molar-refractivity contribution in [3.05, 3.63) is 23.5 Å². The first-order valence-corrected chi connectivity index (χ1v) is 6.06. The summed E-state index contributed by atoms with van der Waals surface area (Å²) in [6.07, 6.45) is 3.72. The zero-order chi connectivity index (χ0) is 12.4. The van der Waals surface area contributed by atoms with Crippen molar-refractivity contribution in [2.75, 3.05) is 13.1 Å². The van der Waals surface area contributed by atoms with Crippen LogP contribution in [-0.2, 0) is 0 Å². The van der Waals surface area contributed by atoms with Crippen molar-refractivity contribution in [1.29, 1.82) is 0 Å². The molecular formula is C13H18N2O2. The minimum absolute atomic E-state index is 0.00407. The highest BCUT2D eigenvalue weighted by molar-refractivity contribution is 5.99. The second kappa shape index (κ2) is 4.73. The number of Topliss-reactive ketones (excluding diaryl/α,β-unsaturated/α-hetero) is 1. The van der Waals surface area contributed by atoms with Crippen LogP contribution >= 0.6 is 0 Å². The molecule has 4 nitrogen and oxygen atoms in total. The van der Waals surface area contributed by atoms with Crippen molar-refractivity contribution in [2.45, 2.75) is 26.7 Å². The molecule has 2 rings (SSSR count). The quantitative estimate of drug-likeness (QED) is 0.797. The third-order valence-electron chi connectivity index (χ3n) is 3.39. The first kappa shape index (κ1) is 11.9. The number of likely N-dealkylation sites (tertiary alicyclic amines) is 1. The highest BCUT2D eigenvalue weighted by Crippen LogP contribution is 2.18. The third-order valence-corrected chi connectivity index (χ3v) is 3.39. The molecule has 0 radical (unpaired) electrons. The van der Waals surface area contributed by atoms with E-state index in [0.29, 0.717) is 17.2 Å². The molecule has 2 heterocycles. The van der Waals surface area contributed by atoms with E-state index < -0.39 is 0 Å². The Morgan fingerprint density at radius 3 is 2.53 bits per heavy atom. The Bertz CT molecular complexity index is 428. The monoisotopic (exact) mass is 234 g/mol. The second-order valence-electron chi connectivity index (χ2n) is 4.83. The van der Waals surface area contributed by atoms with Crippen molar-refractivity contribution in [1.82, 2.24) is 9.88 Å². The number of nitrogens with one attached hydrogen (secondary N) is 1. The van der Waals surface area contributed by atoms with E-state index in [2.05, 4.69) is 11.9 Å². The zero-order valence-corrected chi connectivity index (χ0v) is 10.3. The fraction of sp³-hybridized carbons (Fsp3) is 0.538. The first-order valence-electron chi connectivity index (χ1n) is 6.06. The molecule has 1 aromatic heterocycles. The molecule has 1 saturated heterocycles. The molecule has 4 heteroatoms. The lowest BCUT2D eigenvalue weighted by molar-refractivity contribution is 0.0692. The van der Waals surface area contributed by atoms with Crippen molar-refractivity contribution >= 4 is 11.7 Å². The molecule has 1 aromatic rings. The summed E-state index contributed by atoms with van der Waals surface area (Å²) in [6.45, 7) is 5.34. The molecule has 0 unspecified atom stereocenters. The van der Waals surface area contributed by atoms with Gasteiger partial charge < -0.3 is 9.88 Å². The van der Waals surface area contributed by atoms with Gasteiger partial charge in [0.1, 0.15) is 5.69 Å². The van der Waals surface area contributed by atoms with Crippen molar-refractivity contribution < 1.29 is 9.59 Å². The number of carbonyl (C=O) groups excluding carboxylic acids is 2. The molecule has 1 fully saturated rings. The molecule has 0 atom stereocenters. The molecule has 1 aliphatic heterocycles. The van der Waals surface area contributed by atoms with Crippen LogP contribution in [0.3, 0.4) is 0 Å². The maximum atomic E-state index is 12.1. The number of aromatic amines is 1. The Balaban J connectivity index is 2.06. The molecule has 92 valence electrons. The van der Waals surface area contributed by atoms with E-state index in [1.165, 1.54) is 6.92 Å². The highest BCUT2D eigenvalue weighted by Gasteiger charge is 2.22. The van der Waals surface area contributed by atoms with Gasteiger partial charge in [-0.05, 0) is 31.7 Å². The molecule has 0 aromatic carbocycles. The van der Waals surface area contributed by atoms with Crippen LogP contribution in [-0.4, -0.2) is 34.7 Å². The molecule has 1 N–H and O–H groups in total. The van der Waals surface area contributed by atoms with E-state index >= 15 is 0 Å². The maximum Gasteiger partial charge on any atom is 0.270 e. The van der Waals surface area contributed by atoms with Gasteiger partial charge in [0.15, 0.2) is 5.78 Å². The predicted molar refractivity (Wildman–Crippen MR) is 65.1 cm³/mol. The summed E-state index contributed by atoms with van der Waals surface area (Å²) in [5.74, 6) is 0.687. The number of rotatable bonds is 2. The van der Waals surface area contributed by atoms with Gasteiger partial charge in [0, 0.05) is 24.8 Å². The third kappa shape index (κ3) is 2.57. The largest absolute Gasteiger partial charge is 0.356 e.